The largest absolute Gasteiger partial charge is 0.491 e. The van der Waals surface area contributed by atoms with Gasteiger partial charge in [-0.1, -0.05) is 39.7 Å². The topological polar surface area (TPSA) is 9.23 Å². The molecule has 0 radical (unpaired) electrons. The molecule has 18 heavy (non-hydrogen) atoms. The Morgan fingerprint density at radius 3 is 2.83 bits per heavy atom. The first-order valence-corrected chi connectivity index (χ1v) is 7.36. The van der Waals surface area contributed by atoms with Crippen LogP contribution in [0.4, 0.5) is 8.78 Å². The smallest absolute Gasteiger partial charge is 0.248 e. The summed E-state index contributed by atoms with van der Waals surface area (Å²) in [5.41, 5.74) is 0.937. The maximum atomic E-state index is 13.1. The van der Waals surface area contributed by atoms with E-state index < -0.39 is 5.92 Å². The fourth-order valence-corrected chi connectivity index (χ4v) is 2.90. The number of hydrogen-bond donors (Lipinski definition) is 0. The molecule has 100 valence electrons. The number of benzene rings is 1. The molecule has 1 nitrogen and oxygen atoms in total. The summed E-state index contributed by atoms with van der Waals surface area (Å²) < 4.78 is 31.8. The quantitative estimate of drug-likeness (QED) is 0.698. The number of halogens is 4. The van der Waals surface area contributed by atoms with Gasteiger partial charge in [-0.2, -0.15) is 0 Å². The Bertz CT molecular complexity index is 425. The third-order valence-electron chi connectivity index (χ3n) is 3.16. The van der Waals surface area contributed by atoms with Gasteiger partial charge in [0.15, 0.2) is 0 Å². The summed E-state index contributed by atoms with van der Waals surface area (Å²) in [6.07, 6.45) is 0.400. The molecular formula is C13H14BrClF2O. The minimum Gasteiger partial charge on any atom is -0.491 e. The van der Waals surface area contributed by atoms with Crippen LogP contribution >= 0.6 is 27.5 Å². The van der Waals surface area contributed by atoms with Crippen LogP contribution in [0.15, 0.2) is 18.2 Å². The summed E-state index contributed by atoms with van der Waals surface area (Å²) in [5, 5.41) is 1.15. The zero-order valence-corrected chi connectivity index (χ0v) is 12.1. The van der Waals surface area contributed by atoms with Crippen LogP contribution < -0.4 is 4.74 Å². The zero-order chi connectivity index (χ0) is 13.2. The van der Waals surface area contributed by atoms with Gasteiger partial charge in [0.05, 0.1) is 11.6 Å². The van der Waals surface area contributed by atoms with Crippen molar-refractivity contribution >= 4 is 27.5 Å². The van der Waals surface area contributed by atoms with Crippen molar-refractivity contribution in [2.45, 2.75) is 30.5 Å². The first kappa shape index (κ1) is 14.1. The molecule has 0 aliphatic heterocycles. The standard InChI is InChI=1S/C13H14BrClF2O/c14-7-10-2-1-3-11(15)12(10)18-8-9-4-5-13(16,17)6-9/h1-3,9H,4-8H2. The van der Waals surface area contributed by atoms with E-state index in [-0.39, 0.29) is 18.8 Å². The van der Waals surface area contributed by atoms with Gasteiger partial charge in [-0.3, -0.25) is 0 Å². The molecule has 0 N–H and O–H groups in total. The number of para-hydroxylation sites is 1. The highest BCUT2D eigenvalue weighted by Crippen LogP contribution is 2.39. The monoisotopic (exact) mass is 338 g/mol. The van der Waals surface area contributed by atoms with Gasteiger partial charge < -0.3 is 4.74 Å². The van der Waals surface area contributed by atoms with Gasteiger partial charge in [0.25, 0.3) is 0 Å². The first-order chi connectivity index (χ1) is 8.52. The Hall–Kier alpha value is -0.350. The van der Waals surface area contributed by atoms with Crippen LogP contribution in [0.5, 0.6) is 5.75 Å². The highest BCUT2D eigenvalue weighted by atomic mass is 79.9. The van der Waals surface area contributed by atoms with Gasteiger partial charge in [0.2, 0.25) is 5.92 Å². The van der Waals surface area contributed by atoms with Crippen molar-refractivity contribution in [3.63, 3.8) is 0 Å². The highest BCUT2D eigenvalue weighted by molar-refractivity contribution is 9.08. The second-order valence-electron chi connectivity index (χ2n) is 4.64. The van der Waals surface area contributed by atoms with E-state index in [0.717, 1.165) is 5.56 Å². The molecule has 1 saturated carbocycles. The predicted octanol–water partition coefficient (Wildman–Crippen LogP) is 5.05. The molecular weight excluding hydrogens is 325 g/mol. The number of alkyl halides is 3. The summed E-state index contributed by atoms with van der Waals surface area (Å²) in [6.45, 7) is 0.305. The van der Waals surface area contributed by atoms with Crippen LogP contribution in [-0.2, 0) is 5.33 Å². The van der Waals surface area contributed by atoms with Crippen molar-refractivity contribution in [3.8, 4) is 5.75 Å². The number of rotatable bonds is 4. The molecule has 0 heterocycles. The van der Waals surface area contributed by atoms with E-state index in [1.807, 2.05) is 12.1 Å². The normalized spacial score (nSPS) is 22.1. The Balaban J connectivity index is 1.98. The Morgan fingerprint density at radius 2 is 2.22 bits per heavy atom. The Kier molecular flexibility index (Phi) is 4.49. The van der Waals surface area contributed by atoms with E-state index in [2.05, 4.69) is 15.9 Å². The fourth-order valence-electron chi connectivity index (χ4n) is 2.21. The van der Waals surface area contributed by atoms with Crippen LogP contribution in [0.1, 0.15) is 24.8 Å². The van der Waals surface area contributed by atoms with Gasteiger partial charge in [-0.25, -0.2) is 8.78 Å². The Labute approximate surface area is 119 Å². The molecule has 1 fully saturated rings. The molecule has 0 amide bonds. The van der Waals surface area contributed by atoms with Crippen molar-refractivity contribution < 1.29 is 13.5 Å². The molecule has 0 bridgehead atoms. The highest BCUT2D eigenvalue weighted by Gasteiger charge is 2.39. The summed E-state index contributed by atoms with van der Waals surface area (Å²) in [4.78, 5) is 0. The molecule has 0 saturated heterocycles. The van der Waals surface area contributed by atoms with Crippen molar-refractivity contribution in [3.05, 3.63) is 28.8 Å². The van der Waals surface area contributed by atoms with Crippen LogP contribution in [0.3, 0.4) is 0 Å². The van der Waals surface area contributed by atoms with E-state index >= 15 is 0 Å². The molecule has 1 aliphatic carbocycles. The predicted molar refractivity (Wildman–Crippen MR) is 71.9 cm³/mol. The minimum atomic E-state index is -2.52. The van der Waals surface area contributed by atoms with Gasteiger partial charge in [-0.15, -0.1) is 0 Å². The molecule has 2 rings (SSSR count). The van der Waals surface area contributed by atoms with Crippen LogP contribution in [0.25, 0.3) is 0 Å². The molecule has 1 aromatic rings. The average Bonchev–Trinajstić information content (AvgIpc) is 2.67. The molecule has 5 heteroatoms. The third kappa shape index (κ3) is 3.35. The molecule has 1 aliphatic rings. The molecule has 1 atom stereocenters. The molecule has 0 spiro atoms. The van der Waals surface area contributed by atoms with Gasteiger partial charge >= 0.3 is 0 Å². The lowest BCUT2D eigenvalue weighted by Gasteiger charge is -2.15. The lowest BCUT2D eigenvalue weighted by molar-refractivity contribution is 0.00291. The second kappa shape index (κ2) is 5.74. The van der Waals surface area contributed by atoms with E-state index in [0.29, 0.717) is 29.1 Å². The van der Waals surface area contributed by atoms with Gasteiger partial charge in [0, 0.05) is 23.7 Å². The minimum absolute atomic E-state index is 0.0329. The van der Waals surface area contributed by atoms with E-state index in [4.69, 9.17) is 16.3 Å². The van der Waals surface area contributed by atoms with Crippen molar-refractivity contribution in [1.29, 1.82) is 0 Å². The van der Waals surface area contributed by atoms with Crippen molar-refractivity contribution in [2.75, 3.05) is 6.61 Å². The van der Waals surface area contributed by atoms with Gasteiger partial charge in [0.1, 0.15) is 5.75 Å². The average molecular weight is 340 g/mol. The lowest BCUT2D eigenvalue weighted by atomic mass is 10.1. The summed E-state index contributed by atoms with van der Waals surface area (Å²) in [6, 6.07) is 5.49. The third-order valence-corrected chi connectivity index (χ3v) is 4.06. The lowest BCUT2D eigenvalue weighted by Crippen LogP contribution is -2.14. The molecule has 0 aromatic heterocycles. The SMILES string of the molecule is FC1(F)CCC(COc2c(Cl)cccc2CBr)C1. The Morgan fingerprint density at radius 1 is 1.44 bits per heavy atom. The zero-order valence-electron chi connectivity index (χ0n) is 9.77. The maximum Gasteiger partial charge on any atom is 0.248 e. The van der Waals surface area contributed by atoms with Crippen LogP contribution in [0, 0.1) is 5.92 Å². The maximum absolute atomic E-state index is 13.1. The van der Waals surface area contributed by atoms with Crippen molar-refractivity contribution in [1.82, 2.24) is 0 Å². The van der Waals surface area contributed by atoms with Crippen LogP contribution in [0.2, 0.25) is 5.02 Å². The number of hydrogen-bond acceptors (Lipinski definition) is 1. The summed E-state index contributed by atoms with van der Waals surface area (Å²) in [5.74, 6) is -2.00. The van der Waals surface area contributed by atoms with E-state index in [1.54, 1.807) is 6.07 Å². The first-order valence-electron chi connectivity index (χ1n) is 5.86. The molecule has 1 aromatic carbocycles. The summed E-state index contributed by atoms with van der Waals surface area (Å²) in [7, 11) is 0. The number of ether oxygens (including phenoxy) is 1. The van der Waals surface area contributed by atoms with E-state index in [1.165, 1.54) is 0 Å². The van der Waals surface area contributed by atoms with E-state index in [9.17, 15) is 8.78 Å². The fraction of sp³-hybridized carbons (Fsp3) is 0.538. The van der Waals surface area contributed by atoms with Crippen molar-refractivity contribution in [2.24, 2.45) is 5.92 Å². The second-order valence-corrected chi connectivity index (χ2v) is 5.61. The summed E-state index contributed by atoms with van der Waals surface area (Å²) >= 11 is 9.41. The molecule has 1 unspecified atom stereocenters. The van der Waals surface area contributed by atoms with Gasteiger partial charge in [-0.05, 0) is 18.4 Å². The van der Waals surface area contributed by atoms with Crippen LogP contribution in [-0.4, -0.2) is 12.5 Å².